The number of carbonyl (C=O) groups is 2. The van der Waals surface area contributed by atoms with Crippen LogP contribution in [0.3, 0.4) is 0 Å². The molecule has 0 bridgehead atoms. The lowest BCUT2D eigenvalue weighted by molar-refractivity contribution is -0.141. The Kier molecular flexibility index (Phi) is 6.37. The summed E-state index contributed by atoms with van der Waals surface area (Å²) in [5.41, 5.74) is 1.91. The summed E-state index contributed by atoms with van der Waals surface area (Å²) in [6, 6.07) is 7.72. The molecule has 0 aliphatic carbocycles. The lowest BCUT2D eigenvalue weighted by Crippen LogP contribution is -2.35. The third-order valence-electron chi connectivity index (χ3n) is 3.28. The van der Waals surface area contributed by atoms with Gasteiger partial charge in [0.2, 0.25) is 5.91 Å². The minimum Gasteiger partial charge on any atom is -0.481 e. The summed E-state index contributed by atoms with van der Waals surface area (Å²) in [6.45, 7) is 6.29. The van der Waals surface area contributed by atoms with Gasteiger partial charge in [-0.1, -0.05) is 39.0 Å². The summed E-state index contributed by atoms with van der Waals surface area (Å²) in [7, 11) is 1.74. The number of carboxylic acid groups (broad SMARTS) is 1. The maximum Gasteiger partial charge on any atom is 0.307 e. The molecule has 1 atom stereocenters. The summed E-state index contributed by atoms with van der Waals surface area (Å²) in [5, 5.41) is 11.8. The number of amides is 1. The first kappa shape index (κ1) is 17.2. The molecule has 5 nitrogen and oxygen atoms in total. The van der Waals surface area contributed by atoms with Crippen LogP contribution < -0.4 is 5.32 Å². The number of benzene rings is 1. The van der Waals surface area contributed by atoms with Crippen molar-refractivity contribution in [1.29, 1.82) is 0 Å². The molecule has 21 heavy (non-hydrogen) atoms. The van der Waals surface area contributed by atoms with Crippen molar-refractivity contribution in [2.24, 2.45) is 5.92 Å². The first-order valence-corrected chi connectivity index (χ1v) is 7.11. The van der Waals surface area contributed by atoms with Crippen molar-refractivity contribution in [3.63, 3.8) is 0 Å². The lowest BCUT2D eigenvalue weighted by atomic mass is 10.0. The molecular weight excluding hydrogens is 268 g/mol. The highest BCUT2D eigenvalue weighted by Gasteiger charge is 2.16. The number of rotatable bonds is 7. The van der Waals surface area contributed by atoms with Crippen molar-refractivity contribution >= 4 is 17.6 Å². The first-order valence-electron chi connectivity index (χ1n) is 7.11. The molecule has 0 radical (unpaired) electrons. The minimum absolute atomic E-state index is 0.136. The second kappa shape index (κ2) is 7.78. The summed E-state index contributed by atoms with van der Waals surface area (Å²) in [6.07, 6.45) is 0. The molecule has 0 aromatic heterocycles. The molecule has 1 rings (SSSR count). The SMILES string of the molecule is CC(CN(C)CC(=O)Nc1ccccc1C(C)C)C(=O)O. The highest BCUT2D eigenvalue weighted by atomic mass is 16.4. The van der Waals surface area contributed by atoms with E-state index in [0.717, 1.165) is 11.3 Å². The number of nitrogens with zero attached hydrogens (tertiary/aromatic N) is 1. The second-order valence-corrected chi connectivity index (χ2v) is 5.73. The van der Waals surface area contributed by atoms with Gasteiger partial charge >= 0.3 is 5.97 Å². The van der Waals surface area contributed by atoms with Gasteiger partial charge in [0.15, 0.2) is 0 Å². The van der Waals surface area contributed by atoms with E-state index >= 15 is 0 Å². The first-order chi connectivity index (χ1) is 9.81. The van der Waals surface area contributed by atoms with Crippen LogP contribution in [0.5, 0.6) is 0 Å². The number of nitrogens with one attached hydrogen (secondary N) is 1. The van der Waals surface area contributed by atoms with E-state index in [1.165, 1.54) is 0 Å². The van der Waals surface area contributed by atoms with E-state index in [1.54, 1.807) is 18.9 Å². The van der Waals surface area contributed by atoms with E-state index < -0.39 is 11.9 Å². The van der Waals surface area contributed by atoms with E-state index in [4.69, 9.17) is 5.11 Å². The molecule has 0 fully saturated rings. The average molecular weight is 292 g/mol. The number of carboxylic acids is 1. The van der Waals surface area contributed by atoms with Gasteiger partial charge in [-0.3, -0.25) is 14.5 Å². The predicted molar refractivity (Wildman–Crippen MR) is 83.5 cm³/mol. The quantitative estimate of drug-likeness (QED) is 0.809. The Morgan fingerprint density at radius 2 is 1.86 bits per heavy atom. The lowest BCUT2D eigenvalue weighted by Gasteiger charge is -2.19. The highest BCUT2D eigenvalue weighted by molar-refractivity contribution is 5.93. The molecule has 0 aliphatic heterocycles. The molecule has 0 aliphatic rings. The van der Waals surface area contributed by atoms with E-state index in [1.807, 2.05) is 24.3 Å². The van der Waals surface area contributed by atoms with Crippen LogP contribution in [0.25, 0.3) is 0 Å². The number of carbonyl (C=O) groups excluding carboxylic acids is 1. The van der Waals surface area contributed by atoms with Gasteiger partial charge in [0.05, 0.1) is 12.5 Å². The molecular formula is C16H24N2O3. The fourth-order valence-corrected chi connectivity index (χ4v) is 2.16. The fraction of sp³-hybridized carbons (Fsp3) is 0.500. The van der Waals surface area contributed by atoms with Gasteiger partial charge in [0.1, 0.15) is 0 Å². The van der Waals surface area contributed by atoms with Crippen LogP contribution in [0, 0.1) is 5.92 Å². The Morgan fingerprint density at radius 1 is 1.24 bits per heavy atom. The number of likely N-dealkylation sites (N-methyl/N-ethyl adjacent to an activating group) is 1. The van der Waals surface area contributed by atoms with Crippen LogP contribution in [-0.2, 0) is 9.59 Å². The standard InChI is InChI=1S/C16H24N2O3/c1-11(2)13-7-5-6-8-14(13)17-15(19)10-18(4)9-12(3)16(20)21/h5-8,11-12H,9-10H2,1-4H3,(H,17,19)(H,20,21). The van der Waals surface area contributed by atoms with E-state index in [-0.39, 0.29) is 12.5 Å². The van der Waals surface area contributed by atoms with Gasteiger partial charge in [-0.05, 0) is 24.6 Å². The summed E-state index contributed by atoms with van der Waals surface area (Å²) >= 11 is 0. The number of aliphatic carboxylic acids is 1. The van der Waals surface area contributed by atoms with Crippen LogP contribution in [0.4, 0.5) is 5.69 Å². The van der Waals surface area contributed by atoms with E-state index in [9.17, 15) is 9.59 Å². The number of para-hydroxylation sites is 1. The zero-order valence-electron chi connectivity index (χ0n) is 13.1. The number of anilines is 1. The Bertz CT molecular complexity index is 500. The Balaban J connectivity index is 2.60. The van der Waals surface area contributed by atoms with Crippen molar-refractivity contribution < 1.29 is 14.7 Å². The van der Waals surface area contributed by atoms with Crippen molar-refractivity contribution in [1.82, 2.24) is 4.90 Å². The van der Waals surface area contributed by atoms with Crippen molar-refractivity contribution in [3.8, 4) is 0 Å². The van der Waals surface area contributed by atoms with Crippen molar-refractivity contribution in [2.75, 3.05) is 25.5 Å². The largest absolute Gasteiger partial charge is 0.481 e. The average Bonchev–Trinajstić information content (AvgIpc) is 2.38. The third-order valence-corrected chi connectivity index (χ3v) is 3.28. The highest BCUT2D eigenvalue weighted by Crippen LogP contribution is 2.23. The van der Waals surface area contributed by atoms with Crippen LogP contribution >= 0.6 is 0 Å². The number of hydrogen-bond acceptors (Lipinski definition) is 3. The Labute approximate surface area is 126 Å². The summed E-state index contributed by atoms with van der Waals surface area (Å²) in [4.78, 5) is 24.6. The molecule has 1 aromatic carbocycles. The summed E-state index contributed by atoms with van der Waals surface area (Å²) in [5.74, 6) is -1.16. The van der Waals surface area contributed by atoms with Crippen LogP contribution in [-0.4, -0.2) is 42.0 Å². The van der Waals surface area contributed by atoms with Crippen LogP contribution in [0.2, 0.25) is 0 Å². The normalized spacial score (nSPS) is 12.5. The zero-order valence-corrected chi connectivity index (χ0v) is 13.1. The molecule has 5 heteroatoms. The second-order valence-electron chi connectivity index (χ2n) is 5.73. The van der Waals surface area contributed by atoms with Crippen molar-refractivity contribution in [3.05, 3.63) is 29.8 Å². The maximum absolute atomic E-state index is 12.0. The monoisotopic (exact) mass is 292 g/mol. The molecule has 0 heterocycles. The molecule has 0 saturated heterocycles. The molecule has 2 N–H and O–H groups in total. The van der Waals surface area contributed by atoms with Gasteiger partial charge in [0, 0.05) is 12.2 Å². The molecule has 0 saturated carbocycles. The Morgan fingerprint density at radius 3 is 2.43 bits per heavy atom. The molecule has 0 spiro atoms. The van der Waals surface area contributed by atoms with Crippen LogP contribution in [0.15, 0.2) is 24.3 Å². The number of hydrogen-bond donors (Lipinski definition) is 2. The van der Waals surface area contributed by atoms with Gasteiger partial charge in [0.25, 0.3) is 0 Å². The maximum atomic E-state index is 12.0. The van der Waals surface area contributed by atoms with E-state index in [2.05, 4.69) is 19.2 Å². The minimum atomic E-state index is -0.854. The van der Waals surface area contributed by atoms with Gasteiger partial charge in [-0.2, -0.15) is 0 Å². The predicted octanol–water partition coefficient (Wildman–Crippen LogP) is 2.40. The third kappa shape index (κ3) is 5.55. The summed E-state index contributed by atoms with van der Waals surface area (Å²) < 4.78 is 0. The molecule has 1 unspecified atom stereocenters. The molecule has 116 valence electrons. The molecule has 1 aromatic rings. The zero-order chi connectivity index (χ0) is 16.0. The van der Waals surface area contributed by atoms with E-state index in [0.29, 0.717) is 12.5 Å². The molecule has 1 amide bonds. The van der Waals surface area contributed by atoms with Crippen molar-refractivity contribution in [2.45, 2.75) is 26.7 Å². The smallest absolute Gasteiger partial charge is 0.307 e. The Hall–Kier alpha value is -1.88. The topological polar surface area (TPSA) is 69.6 Å². The van der Waals surface area contributed by atoms with Gasteiger partial charge in [-0.15, -0.1) is 0 Å². The van der Waals surface area contributed by atoms with Gasteiger partial charge in [-0.25, -0.2) is 0 Å². The van der Waals surface area contributed by atoms with Gasteiger partial charge < -0.3 is 10.4 Å². The van der Waals surface area contributed by atoms with Crippen LogP contribution in [0.1, 0.15) is 32.3 Å². The fourth-order valence-electron chi connectivity index (χ4n) is 2.16.